The summed E-state index contributed by atoms with van der Waals surface area (Å²) in [5.74, 6) is -2.27. The third-order valence-electron chi connectivity index (χ3n) is 3.64. The minimum Gasteiger partial charge on any atom is -0.478 e. The number of hydrogen-bond acceptors (Lipinski definition) is 3. The van der Waals surface area contributed by atoms with Gasteiger partial charge in [-0.2, -0.15) is 13.2 Å². The molecule has 5 nitrogen and oxygen atoms in total. The van der Waals surface area contributed by atoms with Gasteiger partial charge in [-0.1, -0.05) is 0 Å². The SMILES string of the molecule is O=C(O)c1ccc2nc(C(F)(F)F)n(C3CC(O)C3)c2c1. The van der Waals surface area contributed by atoms with Gasteiger partial charge in [-0.25, -0.2) is 9.78 Å². The van der Waals surface area contributed by atoms with Crippen LogP contribution in [0, 0.1) is 0 Å². The lowest BCUT2D eigenvalue weighted by Crippen LogP contribution is -2.33. The number of fused-ring (bicyclic) bond motifs is 1. The van der Waals surface area contributed by atoms with Crippen LogP contribution in [0.5, 0.6) is 0 Å². The molecule has 0 saturated heterocycles. The van der Waals surface area contributed by atoms with Gasteiger partial charge >= 0.3 is 12.1 Å². The summed E-state index contributed by atoms with van der Waals surface area (Å²) < 4.78 is 40.3. The topological polar surface area (TPSA) is 75.3 Å². The molecule has 1 aliphatic carbocycles. The number of aromatic nitrogens is 2. The van der Waals surface area contributed by atoms with Crippen molar-refractivity contribution < 1.29 is 28.2 Å². The van der Waals surface area contributed by atoms with Gasteiger partial charge in [-0.15, -0.1) is 0 Å². The zero-order valence-corrected chi connectivity index (χ0v) is 10.6. The summed E-state index contributed by atoms with van der Waals surface area (Å²) in [4.78, 5) is 14.5. The van der Waals surface area contributed by atoms with Crippen molar-refractivity contribution in [2.24, 2.45) is 0 Å². The second-order valence-electron chi connectivity index (χ2n) is 5.09. The third kappa shape index (κ3) is 2.25. The number of nitrogens with zero attached hydrogens (tertiary/aromatic N) is 2. The molecule has 21 heavy (non-hydrogen) atoms. The number of aliphatic hydroxyl groups excluding tert-OH is 1. The Kier molecular flexibility index (Phi) is 2.94. The van der Waals surface area contributed by atoms with Gasteiger partial charge in [0, 0.05) is 6.04 Å². The molecule has 8 heteroatoms. The lowest BCUT2D eigenvalue weighted by atomic mass is 9.89. The largest absolute Gasteiger partial charge is 0.478 e. The Morgan fingerprint density at radius 2 is 2.00 bits per heavy atom. The van der Waals surface area contributed by atoms with Gasteiger partial charge in [0.1, 0.15) is 0 Å². The summed E-state index contributed by atoms with van der Waals surface area (Å²) in [6, 6.07) is 3.15. The number of imidazole rings is 1. The predicted octanol–water partition coefficient (Wildman–Crippen LogP) is 2.45. The average Bonchev–Trinajstić information content (AvgIpc) is 2.72. The molecule has 0 spiro atoms. The van der Waals surface area contributed by atoms with Gasteiger partial charge < -0.3 is 14.8 Å². The predicted molar refractivity (Wildman–Crippen MR) is 66.0 cm³/mol. The van der Waals surface area contributed by atoms with Gasteiger partial charge in [-0.05, 0) is 31.0 Å². The first-order valence-electron chi connectivity index (χ1n) is 6.28. The zero-order chi connectivity index (χ0) is 15.4. The maximum absolute atomic E-state index is 13.1. The van der Waals surface area contributed by atoms with Crippen LogP contribution in [0.25, 0.3) is 11.0 Å². The number of halogens is 3. The van der Waals surface area contributed by atoms with Gasteiger partial charge in [0.2, 0.25) is 5.82 Å². The van der Waals surface area contributed by atoms with Crippen molar-refractivity contribution >= 4 is 17.0 Å². The maximum atomic E-state index is 13.1. The third-order valence-corrected chi connectivity index (χ3v) is 3.64. The van der Waals surface area contributed by atoms with E-state index in [4.69, 9.17) is 5.11 Å². The monoisotopic (exact) mass is 300 g/mol. The highest BCUT2D eigenvalue weighted by atomic mass is 19.4. The van der Waals surface area contributed by atoms with Crippen LogP contribution in [0.15, 0.2) is 18.2 Å². The van der Waals surface area contributed by atoms with Crippen LogP contribution in [-0.2, 0) is 6.18 Å². The molecule has 0 aliphatic heterocycles. The number of hydrogen-bond donors (Lipinski definition) is 2. The normalized spacial score (nSPS) is 22.3. The number of aliphatic hydroxyl groups is 1. The van der Waals surface area contributed by atoms with Crippen LogP contribution in [0.4, 0.5) is 13.2 Å². The van der Waals surface area contributed by atoms with Crippen molar-refractivity contribution in [2.45, 2.75) is 31.2 Å². The number of aromatic carboxylic acids is 1. The second kappa shape index (κ2) is 4.45. The lowest BCUT2D eigenvalue weighted by Gasteiger charge is -2.34. The van der Waals surface area contributed by atoms with E-state index < -0.39 is 30.1 Å². The zero-order valence-electron chi connectivity index (χ0n) is 10.6. The molecule has 1 heterocycles. The molecule has 0 unspecified atom stereocenters. The van der Waals surface area contributed by atoms with E-state index in [1.165, 1.54) is 18.2 Å². The first-order valence-corrected chi connectivity index (χ1v) is 6.28. The standard InChI is InChI=1S/C13H11F3N2O3/c14-13(15,16)12-17-9-2-1-6(11(20)21)3-10(9)18(12)7-4-8(19)5-7/h1-3,7-8,19H,4-5H2,(H,20,21). The van der Waals surface area contributed by atoms with E-state index in [9.17, 15) is 23.1 Å². The minimum absolute atomic E-state index is 0.0914. The van der Waals surface area contributed by atoms with E-state index in [0.29, 0.717) is 0 Å². The highest BCUT2D eigenvalue weighted by Gasteiger charge is 2.42. The van der Waals surface area contributed by atoms with E-state index in [1.807, 2.05) is 0 Å². The van der Waals surface area contributed by atoms with E-state index >= 15 is 0 Å². The quantitative estimate of drug-likeness (QED) is 0.893. The van der Waals surface area contributed by atoms with Gasteiger partial charge in [0.05, 0.1) is 22.7 Å². The molecule has 1 aromatic heterocycles. The summed E-state index contributed by atoms with van der Waals surface area (Å²) in [6.07, 6.45) is -4.86. The Hall–Kier alpha value is -2.09. The van der Waals surface area contributed by atoms with E-state index in [2.05, 4.69) is 4.98 Å². The molecule has 0 atom stereocenters. The Bertz CT molecular complexity index is 717. The molecule has 1 saturated carbocycles. The maximum Gasteiger partial charge on any atom is 0.449 e. The number of alkyl halides is 3. The Morgan fingerprint density at radius 3 is 2.52 bits per heavy atom. The van der Waals surface area contributed by atoms with Gasteiger partial charge in [0.25, 0.3) is 0 Å². The second-order valence-corrected chi connectivity index (χ2v) is 5.09. The fourth-order valence-corrected chi connectivity index (χ4v) is 2.57. The highest BCUT2D eigenvalue weighted by Crippen LogP contribution is 2.40. The van der Waals surface area contributed by atoms with Crippen LogP contribution in [-0.4, -0.2) is 31.8 Å². The van der Waals surface area contributed by atoms with Gasteiger partial charge in [-0.3, -0.25) is 0 Å². The molecule has 2 N–H and O–H groups in total. The van der Waals surface area contributed by atoms with Crippen molar-refractivity contribution in [3.05, 3.63) is 29.6 Å². The molecular weight excluding hydrogens is 289 g/mol. The van der Waals surface area contributed by atoms with Crippen LogP contribution in [0.3, 0.4) is 0 Å². The molecule has 3 rings (SSSR count). The summed E-state index contributed by atoms with van der Waals surface area (Å²) in [5, 5.41) is 18.3. The molecule has 1 aromatic carbocycles. The fraction of sp³-hybridized carbons (Fsp3) is 0.385. The van der Waals surface area contributed by atoms with Crippen LogP contribution >= 0.6 is 0 Å². The van der Waals surface area contributed by atoms with E-state index in [-0.39, 0.29) is 29.4 Å². The minimum atomic E-state index is -4.64. The summed E-state index contributed by atoms with van der Waals surface area (Å²) in [6.45, 7) is 0. The summed E-state index contributed by atoms with van der Waals surface area (Å²) in [5.41, 5.74) is 0.116. The molecule has 2 aromatic rings. The molecule has 0 radical (unpaired) electrons. The summed E-state index contributed by atoms with van der Waals surface area (Å²) in [7, 11) is 0. The number of carboxylic acid groups (broad SMARTS) is 1. The highest BCUT2D eigenvalue weighted by molar-refractivity contribution is 5.92. The Labute approximate surface area is 116 Å². The molecule has 1 aliphatic rings. The molecule has 0 bridgehead atoms. The molecule has 0 amide bonds. The van der Waals surface area contributed by atoms with Crippen molar-refractivity contribution in [1.29, 1.82) is 0 Å². The smallest absolute Gasteiger partial charge is 0.449 e. The molecule has 112 valence electrons. The Morgan fingerprint density at radius 1 is 1.33 bits per heavy atom. The fourth-order valence-electron chi connectivity index (χ4n) is 2.57. The van der Waals surface area contributed by atoms with E-state index in [0.717, 1.165) is 4.57 Å². The van der Waals surface area contributed by atoms with Crippen molar-refractivity contribution in [3.63, 3.8) is 0 Å². The first kappa shape index (κ1) is 13.9. The number of benzene rings is 1. The number of rotatable bonds is 2. The van der Waals surface area contributed by atoms with Crippen LogP contribution in [0.2, 0.25) is 0 Å². The summed E-state index contributed by atoms with van der Waals surface area (Å²) >= 11 is 0. The van der Waals surface area contributed by atoms with Crippen molar-refractivity contribution in [1.82, 2.24) is 9.55 Å². The number of carboxylic acids is 1. The molecule has 1 fully saturated rings. The number of carbonyl (C=O) groups is 1. The van der Waals surface area contributed by atoms with Crippen LogP contribution < -0.4 is 0 Å². The Balaban J connectivity index is 2.22. The molecular formula is C13H11F3N2O3. The van der Waals surface area contributed by atoms with E-state index in [1.54, 1.807) is 0 Å². The lowest BCUT2D eigenvalue weighted by molar-refractivity contribution is -0.149. The van der Waals surface area contributed by atoms with Gasteiger partial charge in [0.15, 0.2) is 0 Å². The van der Waals surface area contributed by atoms with Crippen molar-refractivity contribution in [3.8, 4) is 0 Å². The average molecular weight is 300 g/mol. The van der Waals surface area contributed by atoms with Crippen LogP contribution in [0.1, 0.15) is 35.1 Å². The van der Waals surface area contributed by atoms with Crippen molar-refractivity contribution in [2.75, 3.05) is 0 Å². The first-order chi connectivity index (χ1) is 9.77.